The number of ketones is 1. The number of benzene rings is 2. The van der Waals surface area contributed by atoms with E-state index in [4.69, 9.17) is 14.2 Å². The van der Waals surface area contributed by atoms with Gasteiger partial charge in [0, 0.05) is 12.1 Å². The molecule has 8 heteroatoms. The Morgan fingerprint density at radius 1 is 1.15 bits per heavy atom. The molecule has 2 heterocycles. The molecule has 1 N–H and O–H groups in total. The molecule has 1 atom stereocenters. The van der Waals surface area contributed by atoms with Gasteiger partial charge in [-0.1, -0.05) is 12.1 Å². The van der Waals surface area contributed by atoms with E-state index in [1.54, 1.807) is 18.2 Å². The van der Waals surface area contributed by atoms with Crippen LogP contribution in [-0.2, 0) is 9.59 Å². The summed E-state index contributed by atoms with van der Waals surface area (Å²) in [6.07, 6.45) is 0.686. The summed E-state index contributed by atoms with van der Waals surface area (Å²) in [5, 5.41) is 11.2. The first-order valence-electron chi connectivity index (χ1n) is 11.0. The number of ether oxygens (including phenoxy) is 3. The lowest BCUT2D eigenvalue weighted by atomic mass is 9.95. The number of likely N-dealkylation sites (tertiary alicyclic amines) is 1. The molecule has 0 saturated carbocycles. The van der Waals surface area contributed by atoms with Crippen molar-refractivity contribution in [1.29, 1.82) is 0 Å². The summed E-state index contributed by atoms with van der Waals surface area (Å²) in [4.78, 5) is 29.8. The molecule has 2 aliphatic rings. The van der Waals surface area contributed by atoms with Crippen molar-refractivity contribution in [1.82, 2.24) is 9.80 Å². The number of fused-ring (bicyclic) bond motifs is 1. The van der Waals surface area contributed by atoms with E-state index < -0.39 is 17.7 Å². The molecule has 0 aliphatic carbocycles. The molecule has 0 bridgehead atoms. The molecule has 1 saturated heterocycles. The smallest absolute Gasteiger partial charge is 0.295 e. The van der Waals surface area contributed by atoms with Crippen LogP contribution in [0.4, 0.5) is 0 Å². The van der Waals surface area contributed by atoms with Gasteiger partial charge in [-0.2, -0.15) is 0 Å². The summed E-state index contributed by atoms with van der Waals surface area (Å²) in [5.41, 5.74) is 1.14. The standard InChI is InChI=1S/C25H28N2O6/c1-4-31-18-8-5-7-16(13-18)22-21(24(29)25(30)27(22)12-6-11-26(2)3)23(28)17-9-10-19-20(14-17)33-15-32-19/h5,7-10,13-14,22,28H,4,6,11-12,15H2,1-3H3/b23-21+. The van der Waals surface area contributed by atoms with E-state index in [1.165, 1.54) is 4.90 Å². The van der Waals surface area contributed by atoms with Crippen LogP contribution < -0.4 is 14.2 Å². The fourth-order valence-corrected chi connectivity index (χ4v) is 4.15. The van der Waals surface area contributed by atoms with Crippen molar-refractivity contribution < 1.29 is 28.9 Å². The van der Waals surface area contributed by atoms with Crippen molar-refractivity contribution >= 4 is 17.4 Å². The van der Waals surface area contributed by atoms with E-state index >= 15 is 0 Å². The molecule has 4 rings (SSSR count). The summed E-state index contributed by atoms with van der Waals surface area (Å²) in [6.45, 7) is 3.62. The third-order valence-electron chi connectivity index (χ3n) is 5.68. The first-order chi connectivity index (χ1) is 15.9. The molecule has 1 unspecified atom stereocenters. The minimum absolute atomic E-state index is 0.0531. The third-order valence-corrected chi connectivity index (χ3v) is 5.68. The number of aliphatic hydroxyl groups excluding tert-OH is 1. The zero-order chi connectivity index (χ0) is 23.5. The summed E-state index contributed by atoms with van der Waals surface area (Å²) >= 11 is 0. The highest BCUT2D eigenvalue weighted by Crippen LogP contribution is 2.42. The Bertz CT molecular complexity index is 1090. The van der Waals surface area contributed by atoms with Crippen LogP contribution in [0.3, 0.4) is 0 Å². The van der Waals surface area contributed by atoms with Crippen molar-refractivity contribution in [3.05, 3.63) is 59.2 Å². The van der Waals surface area contributed by atoms with Crippen LogP contribution in [-0.4, -0.2) is 67.2 Å². The maximum Gasteiger partial charge on any atom is 0.295 e. The van der Waals surface area contributed by atoms with Gasteiger partial charge in [0.1, 0.15) is 11.5 Å². The van der Waals surface area contributed by atoms with E-state index in [0.717, 1.165) is 6.54 Å². The van der Waals surface area contributed by atoms with E-state index in [1.807, 2.05) is 50.2 Å². The number of rotatable bonds is 8. The number of carbonyl (C=O) groups excluding carboxylic acids is 2. The highest BCUT2D eigenvalue weighted by Gasteiger charge is 2.46. The van der Waals surface area contributed by atoms with Crippen LogP contribution in [0.5, 0.6) is 17.2 Å². The molecule has 1 amide bonds. The van der Waals surface area contributed by atoms with Gasteiger partial charge in [0.25, 0.3) is 11.7 Å². The first kappa shape index (κ1) is 22.7. The molecule has 174 valence electrons. The van der Waals surface area contributed by atoms with Crippen LogP contribution in [0, 0.1) is 0 Å². The maximum absolute atomic E-state index is 13.1. The summed E-state index contributed by atoms with van der Waals surface area (Å²) in [7, 11) is 3.91. The zero-order valence-corrected chi connectivity index (χ0v) is 19.0. The number of hydrogen-bond donors (Lipinski definition) is 1. The molecular weight excluding hydrogens is 424 g/mol. The Hall–Kier alpha value is -3.52. The second-order valence-corrected chi connectivity index (χ2v) is 8.22. The van der Waals surface area contributed by atoms with Crippen LogP contribution in [0.15, 0.2) is 48.0 Å². The zero-order valence-electron chi connectivity index (χ0n) is 19.0. The summed E-state index contributed by atoms with van der Waals surface area (Å²) in [6, 6.07) is 11.5. The largest absolute Gasteiger partial charge is 0.507 e. The monoisotopic (exact) mass is 452 g/mol. The van der Waals surface area contributed by atoms with Gasteiger partial charge in [-0.3, -0.25) is 9.59 Å². The fraction of sp³-hybridized carbons (Fsp3) is 0.360. The Kier molecular flexibility index (Phi) is 6.55. The molecule has 2 aromatic carbocycles. The third kappa shape index (κ3) is 4.52. The number of carbonyl (C=O) groups is 2. The Labute approximate surface area is 193 Å². The van der Waals surface area contributed by atoms with Gasteiger partial charge in [-0.15, -0.1) is 0 Å². The Morgan fingerprint density at radius 2 is 1.94 bits per heavy atom. The van der Waals surface area contributed by atoms with Crippen LogP contribution >= 0.6 is 0 Å². The quantitative estimate of drug-likeness (QED) is 0.374. The van der Waals surface area contributed by atoms with E-state index in [2.05, 4.69) is 0 Å². The lowest BCUT2D eigenvalue weighted by Crippen LogP contribution is -2.32. The highest BCUT2D eigenvalue weighted by molar-refractivity contribution is 6.46. The van der Waals surface area contributed by atoms with Crippen LogP contribution in [0.2, 0.25) is 0 Å². The number of nitrogens with zero attached hydrogens (tertiary/aromatic N) is 2. The number of aliphatic hydroxyl groups is 1. The van der Waals surface area contributed by atoms with Crippen molar-refractivity contribution in [2.75, 3.05) is 40.6 Å². The predicted octanol–water partition coefficient (Wildman–Crippen LogP) is 3.19. The van der Waals surface area contributed by atoms with Gasteiger partial charge in [0.2, 0.25) is 6.79 Å². The molecular formula is C25H28N2O6. The van der Waals surface area contributed by atoms with E-state index in [-0.39, 0.29) is 18.1 Å². The predicted molar refractivity (Wildman–Crippen MR) is 122 cm³/mol. The fourth-order valence-electron chi connectivity index (χ4n) is 4.15. The minimum Gasteiger partial charge on any atom is -0.507 e. The minimum atomic E-state index is -0.724. The lowest BCUT2D eigenvalue weighted by Gasteiger charge is -2.26. The van der Waals surface area contributed by atoms with Gasteiger partial charge < -0.3 is 29.1 Å². The summed E-state index contributed by atoms with van der Waals surface area (Å²) in [5.74, 6) is 0.112. The molecule has 0 spiro atoms. The molecule has 33 heavy (non-hydrogen) atoms. The molecule has 8 nitrogen and oxygen atoms in total. The molecule has 0 radical (unpaired) electrons. The number of amides is 1. The van der Waals surface area contributed by atoms with Gasteiger partial charge in [-0.05, 0) is 69.9 Å². The normalized spacial score (nSPS) is 18.9. The topological polar surface area (TPSA) is 88.5 Å². The van der Waals surface area contributed by atoms with Crippen LogP contribution in [0.1, 0.15) is 30.5 Å². The van der Waals surface area contributed by atoms with E-state index in [9.17, 15) is 14.7 Å². The van der Waals surface area contributed by atoms with Crippen LogP contribution in [0.25, 0.3) is 5.76 Å². The second kappa shape index (κ2) is 9.54. The SMILES string of the molecule is CCOc1cccc(C2/C(=C(\O)c3ccc4c(c3)OCO4)C(=O)C(=O)N2CCCN(C)C)c1. The first-order valence-corrected chi connectivity index (χ1v) is 11.0. The lowest BCUT2D eigenvalue weighted by molar-refractivity contribution is -0.139. The van der Waals surface area contributed by atoms with Crippen molar-refractivity contribution in [2.45, 2.75) is 19.4 Å². The van der Waals surface area contributed by atoms with E-state index in [0.29, 0.717) is 47.9 Å². The maximum atomic E-state index is 13.1. The second-order valence-electron chi connectivity index (χ2n) is 8.22. The Balaban J connectivity index is 1.79. The number of Topliss-reactive ketones (excluding diaryl/α,β-unsaturated/α-hetero) is 1. The summed E-state index contributed by atoms with van der Waals surface area (Å²) < 4.78 is 16.4. The van der Waals surface area contributed by atoms with Gasteiger partial charge >= 0.3 is 0 Å². The average molecular weight is 453 g/mol. The van der Waals surface area contributed by atoms with Crippen molar-refractivity contribution in [2.24, 2.45) is 0 Å². The van der Waals surface area contributed by atoms with Crippen molar-refractivity contribution in [3.63, 3.8) is 0 Å². The molecule has 2 aromatic rings. The Morgan fingerprint density at radius 3 is 2.70 bits per heavy atom. The molecule has 2 aliphatic heterocycles. The van der Waals surface area contributed by atoms with Crippen molar-refractivity contribution in [3.8, 4) is 17.2 Å². The van der Waals surface area contributed by atoms with Gasteiger partial charge in [0.15, 0.2) is 11.5 Å². The number of hydrogen-bond acceptors (Lipinski definition) is 7. The highest BCUT2D eigenvalue weighted by atomic mass is 16.7. The van der Waals surface area contributed by atoms with Gasteiger partial charge in [-0.25, -0.2) is 0 Å². The molecule has 0 aromatic heterocycles. The van der Waals surface area contributed by atoms with Gasteiger partial charge in [0.05, 0.1) is 18.2 Å². The molecule has 1 fully saturated rings. The average Bonchev–Trinajstić information content (AvgIpc) is 3.36.